The van der Waals surface area contributed by atoms with Gasteiger partial charge in [-0.2, -0.15) is 0 Å². The Morgan fingerprint density at radius 2 is 1.79 bits per heavy atom. The number of benzene rings is 1. The molecule has 0 spiro atoms. The molecule has 120 valence electrons. The van der Waals surface area contributed by atoms with Crippen LogP contribution >= 0.6 is 11.8 Å². The second kappa shape index (κ2) is 7.45. The van der Waals surface area contributed by atoms with E-state index in [2.05, 4.69) is 35.7 Å². The molecule has 0 N–H and O–H groups in total. The van der Waals surface area contributed by atoms with Crippen molar-refractivity contribution in [2.45, 2.75) is 13.3 Å². The van der Waals surface area contributed by atoms with E-state index in [0.717, 1.165) is 45.5 Å². The maximum Gasteiger partial charge on any atom is 0.156 e. The highest BCUT2D eigenvalue weighted by Crippen LogP contribution is 2.29. The summed E-state index contributed by atoms with van der Waals surface area (Å²) in [5, 5.41) is 2.09. The fourth-order valence-electron chi connectivity index (χ4n) is 2.66. The van der Waals surface area contributed by atoms with Crippen LogP contribution in [0.4, 0.5) is 0 Å². The number of carbonyl (C=O) groups is 2. The van der Waals surface area contributed by atoms with Gasteiger partial charge in [0, 0.05) is 11.3 Å². The molecule has 2 aliphatic rings. The first-order valence-electron chi connectivity index (χ1n) is 7.84. The third-order valence-corrected chi connectivity index (χ3v) is 4.98. The highest BCUT2D eigenvalue weighted by molar-refractivity contribution is 8.02. The van der Waals surface area contributed by atoms with Crippen molar-refractivity contribution in [3.8, 4) is 0 Å². The number of thioether (sulfide) groups is 1. The highest BCUT2D eigenvalue weighted by atomic mass is 32.2. The number of aldehydes is 1. The lowest BCUT2D eigenvalue weighted by atomic mass is 9.99. The van der Waals surface area contributed by atoms with Gasteiger partial charge in [0.1, 0.15) is 6.29 Å². The van der Waals surface area contributed by atoms with Crippen LogP contribution in [-0.2, 0) is 9.59 Å². The summed E-state index contributed by atoms with van der Waals surface area (Å²) < 4.78 is 0. The van der Waals surface area contributed by atoms with Crippen LogP contribution < -0.4 is 0 Å². The van der Waals surface area contributed by atoms with Crippen LogP contribution in [0.3, 0.4) is 0 Å². The Morgan fingerprint density at radius 1 is 1.08 bits per heavy atom. The van der Waals surface area contributed by atoms with Gasteiger partial charge in [0.15, 0.2) is 5.78 Å². The molecule has 1 aromatic carbocycles. The molecule has 0 bridgehead atoms. The summed E-state index contributed by atoms with van der Waals surface area (Å²) in [5.74, 6) is 0.861. The van der Waals surface area contributed by atoms with Crippen LogP contribution in [0.5, 0.6) is 0 Å². The molecule has 1 heterocycles. The minimum absolute atomic E-state index is 0.118. The van der Waals surface area contributed by atoms with E-state index in [1.165, 1.54) is 0 Å². The quantitative estimate of drug-likeness (QED) is 0.745. The molecule has 3 heteroatoms. The molecule has 3 rings (SSSR count). The van der Waals surface area contributed by atoms with Gasteiger partial charge in [-0.1, -0.05) is 48.6 Å². The smallest absolute Gasteiger partial charge is 0.156 e. The number of carbonyl (C=O) groups excluding carboxylic acids is 2. The molecule has 0 fully saturated rings. The van der Waals surface area contributed by atoms with Crippen molar-refractivity contribution >= 4 is 35.0 Å². The lowest BCUT2D eigenvalue weighted by Gasteiger charge is -2.11. The normalized spacial score (nSPS) is 17.2. The van der Waals surface area contributed by atoms with E-state index in [9.17, 15) is 9.59 Å². The van der Waals surface area contributed by atoms with Gasteiger partial charge in [0.25, 0.3) is 0 Å². The van der Waals surface area contributed by atoms with E-state index < -0.39 is 0 Å². The minimum atomic E-state index is 0.118. The van der Waals surface area contributed by atoms with Crippen molar-refractivity contribution in [1.82, 2.24) is 0 Å². The highest BCUT2D eigenvalue weighted by Gasteiger charge is 2.09. The van der Waals surface area contributed by atoms with Crippen molar-refractivity contribution in [3.63, 3.8) is 0 Å². The Labute approximate surface area is 146 Å². The molecule has 1 aromatic rings. The maximum atomic E-state index is 11.5. The Hall–Kier alpha value is -2.39. The number of allylic oxidation sites excluding steroid dienone is 8. The van der Waals surface area contributed by atoms with E-state index in [4.69, 9.17) is 0 Å². The average Bonchev–Trinajstić information content (AvgIpc) is 2.88. The van der Waals surface area contributed by atoms with Gasteiger partial charge < -0.3 is 0 Å². The lowest BCUT2D eigenvalue weighted by molar-refractivity contribution is -0.113. The first kappa shape index (κ1) is 16.5. The van der Waals surface area contributed by atoms with Crippen LogP contribution in [-0.4, -0.2) is 17.8 Å². The molecule has 0 aromatic heterocycles. The standard InChI is InChI=1S/C21H18O2S/c1-15(23)17-3-2-4-18(6-5-17)19-7-9-20(10-8-19)21-11-16(12-22)13-24-14-21/h2,4-12,14H,3,13H2,1H3. The molecule has 1 aliphatic carbocycles. The number of Topliss-reactive ketones (excluding diaryl/α,β-unsaturated/α-hetero) is 1. The topological polar surface area (TPSA) is 34.1 Å². The predicted molar refractivity (Wildman–Crippen MR) is 102 cm³/mol. The third-order valence-electron chi connectivity index (χ3n) is 4.06. The second-order valence-electron chi connectivity index (χ2n) is 5.78. The zero-order valence-corrected chi connectivity index (χ0v) is 14.3. The van der Waals surface area contributed by atoms with Gasteiger partial charge in [-0.15, -0.1) is 11.8 Å². The van der Waals surface area contributed by atoms with E-state index in [-0.39, 0.29) is 5.78 Å². The van der Waals surface area contributed by atoms with E-state index in [1.54, 1.807) is 18.7 Å². The van der Waals surface area contributed by atoms with Crippen LogP contribution in [0.1, 0.15) is 24.5 Å². The molecule has 0 atom stereocenters. The van der Waals surface area contributed by atoms with Crippen molar-refractivity contribution in [1.29, 1.82) is 0 Å². The number of hydrogen-bond donors (Lipinski definition) is 0. The van der Waals surface area contributed by atoms with Crippen LogP contribution in [0.2, 0.25) is 0 Å². The Bertz CT molecular complexity index is 818. The Morgan fingerprint density at radius 3 is 2.46 bits per heavy atom. The first-order valence-corrected chi connectivity index (χ1v) is 8.89. The molecular weight excluding hydrogens is 316 g/mol. The average molecular weight is 334 g/mol. The van der Waals surface area contributed by atoms with E-state index in [0.29, 0.717) is 6.42 Å². The third kappa shape index (κ3) is 3.74. The Kier molecular flexibility index (Phi) is 5.11. The van der Waals surface area contributed by atoms with Gasteiger partial charge in [0.05, 0.1) is 0 Å². The van der Waals surface area contributed by atoms with Crippen molar-refractivity contribution < 1.29 is 9.59 Å². The van der Waals surface area contributed by atoms with Crippen molar-refractivity contribution in [3.05, 3.63) is 82.3 Å². The molecule has 0 unspecified atom stereocenters. The van der Waals surface area contributed by atoms with Crippen LogP contribution in [0.25, 0.3) is 11.1 Å². The SMILES string of the molecule is CC(=O)C1=CC=C(c2ccc(C3=CSCC(C=O)=C3)cc2)C=CC1. The van der Waals surface area contributed by atoms with Gasteiger partial charge in [0.2, 0.25) is 0 Å². The number of ketones is 1. The fourth-order valence-corrected chi connectivity index (χ4v) is 3.47. The predicted octanol–water partition coefficient (Wildman–Crippen LogP) is 4.76. The van der Waals surface area contributed by atoms with Crippen molar-refractivity contribution in [2.75, 3.05) is 5.75 Å². The zero-order chi connectivity index (χ0) is 16.9. The maximum absolute atomic E-state index is 11.5. The second-order valence-corrected chi connectivity index (χ2v) is 6.63. The van der Waals surface area contributed by atoms with Crippen molar-refractivity contribution in [2.24, 2.45) is 0 Å². The number of rotatable bonds is 4. The molecule has 0 saturated heterocycles. The molecule has 2 nitrogen and oxygen atoms in total. The molecule has 0 saturated carbocycles. The van der Waals surface area contributed by atoms with Crippen LogP contribution in [0.15, 0.2) is 71.2 Å². The summed E-state index contributed by atoms with van der Waals surface area (Å²) >= 11 is 1.64. The lowest BCUT2D eigenvalue weighted by Crippen LogP contribution is -1.95. The van der Waals surface area contributed by atoms with Crippen LogP contribution in [0, 0.1) is 0 Å². The summed E-state index contributed by atoms with van der Waals surface area (Å²) in [6.07, 6.45) is 11.5. The minimum Gasteiger partial charge on any atom is -0.298 e. The summed E-state index contributed by atoms with van der Waals surface area (Å²) in [6.45, 7) is 1.60. The molecular formula is C21H18O2S. The summed E-state index contributed by atoms with van der Waals surface area (Å²) in [5.41, 5.74) is 6.02. The van der Waals surface area contributed by atoms with E-state index in [1.807, 2.05) is 24.3 Å². The van der Waals surface area contributed by atoms with Gasteiger partial charge in [-0.25, -0.2) is 0 Å². The molecule has 1 aliphatic heterocycles. The van der Waals surface area contributed by atoms with Gasteiger partial charge >= 0.3 is 0 Å². The Balaban J connectivity index is 1.85. The zero-order valence-electron chi connectivity index (χ0n) is 13.5. The molecule has 0 radical (unpaired) electrons. The molecule has 24 heavy (non-hydrogen) atoms. The summed E-state index contributed by atoms with van der Waals surface area (Å²) in [4.78, 5) is 22.4. The summed E-state index contributed by atoms with van der Waals surface area (Å²) in [7, 11) is 0. The van der Waals surface area contributed by atoms with E-state index >= 15 is 0 Å². The first-order chi connectivity index (χ1) is 11.7. The van der Waals surface area contributed by atoms with Gasteiger partial charge in [-0.05, 0) is 52.7 Å². The van der Waals surface area contributed by atoms with Gasteiger partial charge in [-0.3, -0.25) is 9.59 Å². The number of hydrogen-bond acceptors (Lipinski definition) is 3. The molecule has 0 amide bonds. The monoisotopic (exact) mass is 334 g/mol. The summed E-state index contributed by atoms with van der Waals surface area (Å²) in [6, 6.07) is 8.29. The fraction of sp³-hybridized carbons (Fsp3) is 0.143. The largest absolute Gasteiger partial charge is 0.298 e.